The zero-order valence-corrected chi connectivity index (χ0v) is 11.8. The Morgan fingerprint density at radius 3 is 2.74 bits per heavy atom. The summed E-state index contributed by atoms with van der Waals surface area (Å²) < 4.78 is 4.50. The van der Waals surface area contributed by atoms with Gasteiger partial charge in [-0.05, 0) is 0 Å². The van der Waals surface area contributed by atoms with E-state index in [1.807, 2.05) is 0 Å². The SMILES string of the molecule is COC(=O)CCN(C)C(=O)N1CCSCC1C(=O)O. The standard InChI is InChI=1S/C11H18N2O5S/c1-12(4-3-9(14)18-2)11(17)13-5-6-19-7-8(13)10(15)16/h8H,3-7H2,1-2H3,(H,15,16). The van der Waals surface area contributed by atoms with Gasteiger partial charge in [0, 0.05) is 31.6 Å². The van der Waals surface area contributed by atoms with Crippen molar-refractivity contribution >= 4 is 29.7 Å². The Balaban J connectivity index is 2.58. The number of aliphatic carboxylic acids is 1. The number of hydrogen-bond acceptors (Lipinski definition) is 5. The molecule has 108 valence electrons. The number of hydrogen-bond donors (Lipinski definition) is 1. The van der Waals surface area contributed by atoms with Gasteiger partial charge in [0.15, 0.2) is 0 Å². The number of rotatable bonds is 4. The number of carbonyl (C=O) groups is 3. The number of amides is 2. The highest BCUT2D eigenvalue weighted by Crippen LogP contribution is 2.18. The van der Waals surface area contributed by atoms with Gasteiger partial charge in [0.05, 0.1) is 13.5 Å². The minimum Gasteiger partial charge on any atom is -0.480 e. The first kappa shape index (κ1) is 15.6. The van der Waals surface area contributed by atoms with Crippen LogP contribution in [0, 0.1) is 0 Å². The van der Waals surface area contributed by atoms with Crippen molar-refractivity contribution in [1.82, 2.24) is 9.80 Å². The molecule has 1 aliphatic rings. The summed E-state index contributed by atoms with van der Waals surface area (Å²) >= 11 is 1.52. The van der Waals surface area contributed by atoms with Crippen LogP contribution >= 0.6 is 11.8 Å². The maximum absolute atomic E-state index is 12.1. The number of carboxylic acid groups (broad SMARTS) is 1. The molecule has 0 radical (unpaired) electrons. The quantitative estimate of drug-likeness (QED) is 0.739. The normalized spacial score (nSPS) is 18.8. The summed E-state index contributed by atoms with van der Waals surface area (Å²) in [6, 6.07) is -1.16. The molecule has 19 heavy (non-hydrogen) atoms. The molecule has 8 heteroatoms. The van der Waals surface area contributed by atoms with E-state index >= 15 is 0 Å². The number of ether oxygens (including phenoxy) is 1. The Labute approximate surface area is 115 Å². The Kier molecular flexibility index (Phi) is 5.94. The van der Waals surface area contributed by atoms with E-state index in [1.54, 1.807) is 7.05 Å². The van der Waals surface area contributed by atoms with Gasteiger partial charge in [-0.15, -0.1) is 0 Å². The molecular weight excluding hydrogens is 272 g/mol. The van der Waals surface area contributed by atoms with Crippen molar-refractivity contribution in [3.63, 3.8) is 0 Å². The molecule has 1 atom stereocenters. The second kappa shape index (κ2) is 7.22. The summed E-state index contributed by atoms with van der Waals surface area (Å²) in [5, 5.41) is 9.10. The van der Waals surface area contributed by atoms with Gasteiger partial charge in [-0.2, -0.15) is 11.8 Å². The molecule has 1 saturated heterocycles. The van der Waals surface area contributed by atoms with E-state index in [4.69, 9.17) is 5.11 Å². The second-order valence-corrected chi connectivity index (χ2v) is 5.30. The fourth-order valence-electron chi connectivity index (χ4n) is 1.71. The van der Waals surface area contributed by atoms with E-state index in [0.29, 0.717) is 12.3 Å². The third-order valence-electron chi connectivity index (χ3n) is 2.86. The van der Waals surface area contributed by atoms with Gasteiger partial charge in [0.2, 0.25) is 0 Å². The summed E-state index contributed by atoms with van der Waals surface area (Å²) in [5.74, 6) is -0.280. The van der Waals surface area contributed by atoms with Crippen molar-refractivity contribution in [2.24, 2.45) is 0 Å². The van der Waals surface area contributed by atoms with Crippen LogP contribution in [-0.4, -0.2) is 77.7 Å². The van der Waals surface area contributed by atoms with E-state index in [-0.39, 0.29) is 19.0 Å². The summed E-state index contributed by atoms with van der Waals surface area (Å²) in [4.78, 5) is 37.0. The van der Waals surface area contributed by atoms with Gasteiger partial charge in [0.1, 0.15) is 6.04 Å². The van der Waals surface area contributed by atoms with Crippen molar-refractivity contribution in [3.05, 3.63) is 0 Å². The third kappa shape index (κ3) is 4.30. The van der Waals surface area contributed by atoms with Gasteiger partial charge in [-0.1, -0.05) is 0 Å². The van der Waals surface area contributed by atoms with Crippen LogP contribution in [0.15, 0.2) is 0 Å². The second-order valence-electron chi connectivity index (χ2n) is 4.15. The van der Waals surface area contributed by atoms with Crippen molar-refractivity contribution in [1.29, 1.82) is 0 Å². The molecule has 7 nitrogen and oxygen atoms in total. The lowest BCUT2D eigenvalue weighted by Crippen LogP contribution is -2.54. The van der Waals surface area contributed by atoms with Crippen LogP contribution in [-0.2, 0) is 14.3 Å². The van der Waals surface area contributed by atoms with E-state index < -0.39 is 18.0 Å². The molecule has 1 N–H and O–H groups in total. The minimum atomic E-state index is -0.998. The topological polar surface area (TPSA) is 87.2 Å². The average Bonchev–Trinajstić information content (AvgIpc) is 2.43. The van der Waals surface area contributed by atoms with Crippen LogP contribution in [0.4, 0.5) is 4.79 Å². The van der Waals surface area contributed by atoms with Gasteiger partial charge >= 0.3 is 18.0 Å². The number of carboxylic acids is 1. The molecule has 1 aliphatic heterocycles. The number of urea groups is 1. The lowest BCUT2D eigenvalue weighted by atomic mass is 10.3. The first-order valence-electron chi connectivity index (χ1n) is 5.86. The fraction of sp³-hybridized carbons (Fsp3) is 0.727. The van der Waals surface area contributed by atoms with Crippen LogP contribution in [0.3, 0.4) is 0 Å². The van der Waals surface area contributed by atoms with E-state index in [0.717, 1.165) is 5.75 Å². The molecule has 0 saturated carbocycles. The fourth-order valence-corrected chi connectivity index (χ4v) is 2.75. The molecular formula is C11H18N2O5S. The van der Waals surface area contributed by atoms with Gasteiger partial charge < -0.3 is 19.6 Å². The molecule has 0 aromatic rings. The average molecular weight is 290 g/mol. The molecule has 0 spiro atoms. The summed E-state index contributed by atoms with van der Waals surface area (Å²) in [6.07, 6.45) is 0.0963. The van der Waals surface area contributed by atoms with Gasteiger partial charge in [-0.3, -0.25) is 4.79 Å². The predicted octanol–water partition coefficient (Wildman–Crippen LogP) is 0.103. The van der Waals surface area contributed by atoms with Gasteiger partial charge in [-0.25, -0.2) is 9.59 Å². The zero-order valence-electron chi connectivity index (χ0n) is 11.0. The van der Waals surface area contributed by atoms with Crippen LogP contribution in [0.25, 0.3) is 0 Å². The van der Waals surface area contributed by atoms with Crippen LogP contribution in [0.1, 0.15) is 6.42 Å². The molecule has 0 bridgehead atoms. The largest absolute Gasteiger partial charge is 0.480 e. The van der Waals surface area contributed by atoms with Gasteiger partial charge in [0.25, 0.3) is 0 Å². The van der Waals surface area contributed by atoms with Crippen LogP contribution in [0.5, 0.6) is 0 Å². The molecule has 1 unspecified atom stereocenters. The maximum Gasteiger partial charge on any atom is 0.327 e. The Bertz CT molecular complexity index is 363. The highest BCUT2D eigenvalue weighted by Gasteiger charge is 2.33. The molecule has 0 aromatic carbocycles. The van der Waals surface area contributed by atoms with Crippen molar-refractivity contribution in [3.8, 4) is 0 Å². The zero-order chi connectivity index (χ0) is 14.4. The third-order valence-corrected chi connectivity index (χ3v) is 3.89. The summed E-state index contributed by atoms with van der Waals surface area (Å²) in [5.41, 5.74) is 0. The Morgan fingerprint density at radius 2 is 2.16 bits per heavy atom. The number of nitrogens with zero attached hydrogens (tertiary/aromatic N) is 2. The number of thioether (sulfide) groups is 1. The summed E-state index contributed by atoms with van der Waals surface area (Å²) in [7, 11) is 2.83. The van der Waals surface area contributed by atoms with E-state index in [9.17, 15) is 14.4 Å². The highest BCUT2D eigenvalue weighted by atomic mass is 32.2. The number of methoxy groups -OCH3 is 1. The minimum absolute atomic E-state index is 0.0963. The molecule has 1 heterocycles. The lowest BCUT2D eigenvalue weighted by molar-refractivity contribution is -0.142. The molecule has 0 aliphatic carbocycles. The van der Waals surface area contributed by atoms with Crippen molar-refractivity contribution in [2.45, 2.75) is 12.5 Å². The smallest absolute Gasteiger partial charge is 0.327 e. The monoisotopic (exact) mass is 290 g/mol. The molecule has 1 rings (SSSR count). The maximum atomic E-state index is 12.1. The summed E-state index contributed by atoms with van der Waals surface area (Å²) in [6.45, 7) is 0.616. The van der Waals surface area contributed by atoms with E-state index in [2.05, 4.69) is 4.74 Å². The molecule has 2 amide bonds. The highest BCUT2D eigenvalue weighted by molar-refractivity contribution is 7.99. The predicted molar refractivity (Wildman–Crippen MR) is 70.1 cm³/mol. The number of carbonyl (C=O) groups excluding carboxylic acids is 2. The lowest BCUT2D eigenvalue weighted by Gasteiger charge is -2.35. The Hall–Kier alpha value is -1.44. The van der Waals surface area contributed by atoms with Crippen LogP contribution < -0.4 is 0 Å². The molecule has 1 fully saturated rings. The first-order chi connectivity index (χ1) is 8.97. The first-order valence-corrected chi connectivity index (χ1v) is 7.02. The Morgan fingerprint density at radius 1 is 1.47 bits per heavy atom. The van der Waals surface area contributed by atoms with Crippen molar-refractivity contribution in [2.75, 3.05) is 38.8 Å². The number of esters is 1. The van der Waals surface area contributed by atoms with Crippen LogP contribution in [0.2, 0.25) is 0 Å². The van der Waals surface area contributed by atoms with E-state index in [1.165, 1.54) is 28.7 Å². The van der Waals surface area contributed by atoms with Crippen molar-refractivity contribution < 1.29 is 24.2 Å². The molecule has 0 aromatic heterocycles.